The van der Waals surface area contributed by atoms with E-state index in [-0.39, 0.29) is 11.8 Å². The van der Waals surface area contributed by atoms with E-state index < -0.39 is 0 Å². The van der Waals surface area contributed by atoms with Crippen molar-refractivity contribution in [1.82, 2.24) is 9.55 Å². The summed E-state index contributed by atoms with van der Waals surface area (Å²) in [5.41, 5.74) is 2.77. The number of aromatic nitrogens is 2. The number of hydrogen-bond acceptors (Lipinski definition) is 2. The highest BCUT2D eigenvalue weighted by Crippen LogP contribution is 2.23. The SMILES string of the molecule is CCC(C(=O)n1cnc2ccccc21)c1ccccc1. The molecule has 0 amide bonds. The van der Waals surface area contributed by atoms with E-state index in [4.69, 9.17) is 0 Å². The fourth-order valence-electron chi connectivity index (χ4n) is 2.54. The predicted molar refractivity (Wildman–Crippen MR) is 79.8 cm³/mol. The Morgan fingerprint density at radius 1 is 1.10 bits per heavy atom. The third-order valence-electron chi connectivity index (χ3n) is 3.60. The minimum Gasteiger partial charge on any atom is -0.273 e. The first-order chi connectivity index (χ1) is 9.81. The summed E-state index contributed by atoms with van der Waals surface area (Å²) in [6.45, 7) is 2.04. The van der Waals surface area contributed by atoms with Gasteiger partial charge in [0, 0.05) is 0 Å². The quantitative estimate of drug-likeness (QED) is 0.719. The molecule has 3 nitrogen and oxygen atoms in total. The molecule has 0 bridgehead atoms. The lowest BCUT2D eigenvalue weighted by atomic mass is 9.95. The summed E-state index contributed by atoms with van der Waals surface area (Å²) in [6.07, 6.45) is 2.40. The molecular weight excluding hydrogens is 248 g/mol. The molecule has 0 saturated heterocycles. The molecule has 0 aliphatic carbocycles. The summed E-state index contributed by atoms with van der Waals surface area (Å²) in [7, 11) is 0. The van der Waals surface area contributed by atoms with E-state index in [1.807, 2.05) is 61.5 Å². The van der Waals surface area contributed by atoms with Gasteiger partial charge in [0.25, 0.3) is 0 Å². The zero-order chi connectivity index (χ0) is 13.9. The van der Waals surface area contributed by atoms with Crippen molar-refractivity contribution < 1.29 is 4.79 Å². The number of carbonyl (C=O) groups excluding carboxylic acids is 1. The first-order valence-electron chi connectivity index (χ1n) is 6.82. The summed E-state index contributed by atoms with van der Waals surface area (Å²) in [6, 6.07) is 17.6. The van der Waals surface area contributed by atoms with Crippen molar-refractivity contribution >= 4 is 16.9 Å². The lowest BCUT2D eigenvalue weighted by Crippen LogP contribution is -2.18. The molecule has 0 aliphatic heterocycles. The van der Waals surface area contributed by atoms with Crippen molar-refractivity contribution in [2.45, 2.75) is 19.3 Å². The Labute approximate surface area is 117 Å². The number of nitrogens with zero attached hydrogens (tertiary/aromatic N) is 2. The maximum Gasteiger partial charge on any atom is 0.239 e. The van der Waals surface area contributed by atoms with Crippen molar-refractivity contribution in [1.29, 1.82) is 0 Å². The maximum absolute atomic E-state index is 12.8. The topological polar surface area (TPSA) is 34.9 Å². The van der Waals surface area contributed by atoms with Gasteiger partial charge in [-0.1, -0.05) is 49.4 Å². The van der Waals surface area contributed by atoms with Gasteiger partial charge >= 0.3 is 0 Å². The Morgan fingerprint density at radius 3 is 2.55 bits per heavy atom. The van der Waals surface area contributed by atoms with Crippen LogP contribution in [0.1, 0.15) is 29.6 Å². The summed E-state index contributed by atoms with van der Waals surface area (Å²) in [4.78, 5) is 17.1. The molecule has 3 heteroatoms. The van der Waals surface area contributed by atoms with Crippen molar-refractivity contribution in [3.8, 4) is 0 Å². The van der Waals surface area contributed by atoms with E-state index >= 15 is 0 Å². The highest BCUT2D eigenvalue weighted by molar-refractivity contribution is 5.93. The summed E-state index contributed by atoms with van der Waals surface area (Å²) >= 11 is 0. The van der Waals surface area contributed by atoms with Crippen LogP contribution >= 0.6 is 0 Å². The molecular formula is C17H16N2O. The number of carbonyl (C=O) groups is 1. The second kappa shape index (κ2) is 5.29. The van der Waals surface area contributed by atoms with Gasteiger partial charge in [-0.15, -0.1) is 0 Å². The monoisotopic (exact) mass is 264 g/mol. The van der Waals surface area contributed by atoms with Crippen molar-refractivity contribution in [3.63, 3.8) is 0 Å². The van der Waals surface area contributed by atoms with Crippen molar-refractivity contribution in [2.24, 2.45) is 0 Å². The van der Waals surface area contributed by atoms with Crippen molar-refractivity contribution in [3.05, 3.63) is 66.5 Å². The first-order valence-corrected chi connectivity index (χ1v) is 6.82. The number of imidazole rings is 1. The van der Waals surface area contributed by atoms with Gasteiger partial charge in [-0.2, -0.15) is 0 Å². The largest absolute Gasteiger partial charge is 0.273 e. The third-order valence-corrected chi connectivity index (χ3v) is 3.60. The van der Waals surface area contributed by atoms with E-state index in [0.29, 0.717) is 0 Å². The molecule has 1 aromatic heterocycles. The van der Waals surface area contributed by atoms with Gasteiger partial charge in [-0.05, 0) is 24.1 Å². The fourth-order valence-corrected chi connectivity index (χ4v) is 2.54. The molecule has 0 radical (unpaired) electrons. The van der Waals surface area contributed by atoms with Gasteiger partial charge in [0.1, 0.15) is 6.33 Å². The Morgan fingerprint density at radius 2 is 1.80 bits per heavy atom. The van der Waals surface area contributed by atoms with Crippen LogP contribution in [0, 0.1) is 0 Å². The number of para-hydroxylation sites is 2. The van der Waals surface area contributed by atoms with Crippen LogP contribution in [0.3, 0.4) is 0 Å². The zero-order valence-electron chi connectivity index (χ0n) is 11.4. The van der Waals surface area contributed by atoms with Gasteiger partial charge in [-0.25, -0.2) is 4.98 Å². The molecule has 0 N–H and O–H groups in total. The Kier molecular flexibility index (Phi) is 3.33. The average Bonchev–Trinajstić information content (AvgIpc) is 2.93. The Balaban J connectivity index is 2.03. The van der Waals surface area contributed by atoms with Crippen LogP contribution in [-0.4, -0.2) is 15.5 Å². The zero-order valence-corrected chi connectivity index (χ0v) is 11.4. The van der Waals surface area contributed by atoms with Gasteiger partial charge in [0.05, 0.1) is 17.0 Å². The summed E-state index contributed by atoms with van der Waals surface area (Å²) in [5, 5.41) is 0. The molecule has 1 atom stereocenters. The van der Waals surface area contributed by atoms with Crippen molar-refractivity contribution in [2.75, 3.05) is 0 Å². The summed E-state index contributed by atoms with van der Waals surface area (Å²) < 4.78 is 1.66. The van der Waals surface area contributed by atoms with E-state index in [1.165, 1.54) is 0 Å². The van der Waals surface area contributed by atoms with Gasteiger partial charge < -0.3 is 0 Å². The molecule has 1 unspecified atom stereocenters. The maximum atomic E-state index is 12.8. The Bertz CT molecular complexity index is 731. The Hall–Kier alpha value is -2.42. The summed E-state index contributed by atoms with van der Waals surface area (Å²) in [5.74, 6) is -0.0544. The number of fused-ring (bicyclic) bond motifs is 1. The van der Waals surface area contributed by atoms with E-state index in [0.717, 1.165) is 23.0 Å². The van der Waals surface area contributed by atoms with E-state index in [2.05, 4.69) is 4.98 Å². The van der Waals surface area contributed by atoms with Gasteiger partial charge in [0.2, 0.25) is 5.91 Å². The molecule has 2 aromatic carbocycles. The van der Waals surface area contributed by atoms with Crippen LogP contribution in [0.5, 0.6) is 0 Å². The molecule has 3 aromatic rings. The normalized spacial score (nSPS) is 12.4. The van der Waals surface area contributed by atoms with Crippen LogP contribution in [0.25, 0.3) is 11.0 Å². The molecule has 100 valence electrons. The molecule has 0 fully saturated rings. The fraction of sp³-hybridized carbons (Fsp3) is 0.176. The van der Waals surface area contributed by atoms with E-state index in [1.54, 1.807) is 10.9 Å². The van der Waals surface area contributed by atoms with Gasteiger partial charge in [0.15, 0.2) is 0 Å². The highest BCUT2D eigenvalue weighted by atomic mass is 16.2. The van der Waals surface area contributed by atoms with Crippen LogP contribution in [0.2, 0.25) is 0 Å². The first kappa shape index (κ1) is 12.6. The number of rotatable bonds is 3. The minimum atomic E-state index is -0.131. The second-order valence-electron chi connectivity index (χ2n) is 4.81. The number of hydrogen-bond donors (Lipinski definition) is 0. The molecule has 0 saturated carbocycles. The molecule has 0 spiro atoms. The van der Waals surface area contributed by atoms with E-state index in [9.17, 15) is 4.79 Å². The lowest BCUT2D eigenvalue weighted by molar-refractivity contribution is 0.0880. The molecule has 20 heavy (non-hydrogen) atoms. The molecule has 3 rings (SSSR count). The van der Waals surface area contributed by atoms with Crippen LogP contribution in [0.15, 0.2) is 60.9 Å². The van der Waals surface area contributed by atoms with Crippen LogP contribution in [0.4, 0.5) is 0 Å². The van der Waals surface area contributed by atoms with Crippen LogP contribution < -0.4 is 0 Å². The average molecular weight is 264 g/mol. The molecule has 0 aliphatic rings. The predicted octanol–water partition coefficient (Wildman–Crippen LogP) is 3.87. The smallest absolute Gasteiger partial charge is 0.239 e. The second-order valence-corrected chi connectivity index (χ2v) is 4.81. The third kappa shape index (κ3) is 2.11. The number of benzene rings is 2. The minimum absolute atomic E-state index is 0.0763. The molecule has 1 heterocycles. The standard InChI is InChI=1S/C17H16N2O/c1-2-14(13-8-4-3-5-9-13)17(20)19-12-18-15-10-6-7-11-16(15)19/h3-12,14H,2H2,1H3. The highest BCUT2D eigenvalue weighted by Gasteiger charge is 2.21. The van der Waals surface area contributed by atoms with Gasteiger partial charge in [-0.3, -0.25) is 9.36 Å². The van der Waals surface area contributed by atoms with Crippen LogP contribution in [-0.2, 0) is 0 Å². The lowest BCUT2D eigenvalue weighted by Gasteiger charge is -2.14.